The zero-order chi connectivity index (χ0) is 17.1. The summed E-state index contributed by atoms with van der Waals surface area (Å²) in [7, 11) is 1.63. The maximum atomic E-state index is 13.9. The Hall–Kier alpha value is -2.61. The SMILES string of the molecule is CN(Cc1cc(Br)ccc1F)C(=O)c1cccc(-n2cnnn2)c1. The minimum Gasteiger partial charge on any atom is -0.337 e. The van der Waals surface area contributed by atoms with E-state index in [1.165, 1.54) is 22.0 Å². The average Bonchev–Trinajstić information content (AvgIpc) is 3.12. The first-order chi connectivity index (χ1) is 11.5. The van der Waals surface area contributed by atoms with E-state index in [2.05, 4.69) is 31.5 Å². The van der Waals surface area contributed by atoms with E-state index in [0.29, 0.717) is 16.8 Å². The average molecular weight is 390 g/mol. The van der Waals surface area contributed by atoms with Crippen molar-refractivity contribution in [3.8, 4) is 5.69 Å². The lowest BCUT2D eigenvalue weighted by Crippen LogP contribution is -2.26. The molecule has 24 heavy (non-hydrogen) atoms. The number of aromatic nitrogens is 4. The molecule has 1 heterocycles. The summed E-state index contributed by atoms with van der Waals surface area (Å²) in [6.45, 7) is 0.166. The van der Waals surface area contributed by atoms with Gasteiger partial charge in [-0.25, -0.2) is 9.07 Å². The van der Waals surface area contributed by atoms with Gasteiger partial charge in [-0.2, -0.15) is 0 Å². The third-order valence-electron chi connectivity index (χ3n) is 3.47. The van der Waals surface area contributed by atoms with Crippen LogP contribution in [0.5, 0.6) is 0 Å². The fourth-order valence-electron chi connectivity index (χ4n) is 2.27. The van der Waals surface area contributed by atoms with Crippen LogP contribution in [-0.2, 0) is 6.54 Å². The molecular formula is C16H13BrFN5O. The van der Waals surface area contributed by atoms with Crippen LogP contribution in [0.25, 0.3) is 5.69 Å². The van der Waals surface area contributed by atoms with Crippen LogP contribution >= 0.6 is 15.9 Å². The lowest BCUT2D eigenvalue weighted by atomic mass is 10.1. The van der Waals surface area contributed by atoms with Gasteiger partial charge < -0.3 is 4.90 Å². The number of carbonyl (C=O) groups is 1. The molecule has 3 rings (SSSR count). The van der Waals surface area contributed by atoms with Gasteiger partial charge in [0.25, 0.3) is 5.91 Å². The monoisotopic (exact) mass is 389 g/mol. The van der Waals surface area contributed by atoms with E-state index in [4.69, 9.17) is 0 Å². The van der Waals surface area contributed by atoms with E-state index in [-0.39, 0.29) is 18.3 Å². The molecule has 0 aliphatic rings. The molecule has 0 radical (unpaired) electrons. The Bertz CT molecular complexity index is 869. The second-order valence-corrected chi connectivity index (χ2v) is 6.12. The number of tetrazole rings is 1. The number of carbonyl (C=O) groups excluding carboxylic acids is 1. The summed E-state index contributed by atoms with van der Waals surface area (Å²) in [6, 6.07) is 11.6. The van der Waals surface area contributed by atoms with Gasteiger partial charge in [0.1, 0.15) is 12.1 Å². The molecule has 0 fully saturated rings. The summed E-state index contributed by atoms with van der Waals surface area (Å²) in [5.74, 6) is -0.565. The highest BCUT2D eigenvalue weighted by molar-refractivity contribution is 9.10. The van der Waals surface area contributed by atoms with Gasteiger partial charge in [0.15, 0.2) is 0 Å². The van der Waals surface area contributed by atoms with Crippen molar-refractivity contribution < 1.29 is 9.18 Å². The largest absolute Gasteiger partial charge is 0.337 e. The molecule has 0 aliphatic carbocycles. The van der Waals surface area contributed by atoms with Crippen LogP contribution in [0, 0.1) is 5.82 Å². The summed E-state index contributed by atoms with van der Waals surface area (Å²) in [5, 5.41) is 10.9. The quantitative estimate of drug-likeness (QED) is 0.688. The number of rotatable bonds is 4. The highest BCUT2D eigenvalue weighted by Gasteiger charge is 2.15. The third-order valence-corrected chi connectivity index (χ3v) is 3.96. The van der Waals surface area contributed by atoms with Crippen molar-refractivity contribution in [1.82, 2.24) is 25.1 Å². The van der Waals surface area contributed by atoms with Gasteiger partial charge in [-0.1, -0.05) is 22.0 Å². The maximum absolute atomic E-state index is 13.9. The van der Waals surface area contributed by atoms with E-state index in [1.807, 2.05) is 0 Å². The molecule has 0 aliphatic heterocycles. The van der Waals surface area contributed by atoms with Gasteiger partial charge in [-0.3, -0.25) is 4.79 Å². The molecule has 2 aromatic carbocycles. The number of halogens is 2. The van der Waals surface area contributed by atoms with Crippen LogP contribution in [0.15, 0.2) is 53.3 Å². The molecule has 0 bridgehead atoms. The number of amides is 1. The fraction of sp³-hybridized carbons (Fsp3) is 0.125. The van der Waals surface area contributed by atoms with Crippen molar-refractivity contribution >= 4 is 21.8 Å². The Kier molecular flexibility index (Phi) is 4.66. The van der Waals surface area contributed by atoms with Crippen LogP contribution < -0.4 is 0 Å². The van der Waals surface area contributed by atoms with E-state index in [9.17, 15) is 9.18 Å². The molecule has 0 saturated heterocycles. The summed E-state index contributed by atoms with van der Waals surface area (Å²) in [5.41, 5.74) is 1.59. The van der Waals surface area contributed by atoms with Gasteiger partial charge in [0.05, 0.1) is 5.69 Å². The van der Waals surface area contributed by atoms with Gasteiger partial charge in [0, 0.05) is 29.2 Å². The summed E-state index contributed by atoms with van der Waals surface area (Å²) >= 11 is 3.31. The molecule has 0 unspecified atom stereocenters. The lowest BCUT2D eigenvalue weighted by Gasteiger charge is -2.18. The molecular weight excluding hydrogens is 377 g/mol. The van der Waals surface area contributed by atoms with Crippen LogP contribution in [0.3, 0.4) is 0 Å². The Morgan fingerprint density at radius 3 is 2.88 bits per heavy atom. The Morgan fingerprint density at radius 1 is 1.29 bits per heavy atom. The van der Waals surface area contributed by atoms with Crippen molar-refractivity contribution in [1.29, 1.82) is 0 Å². The summed E-state index contributed by atoms with van der Waals surface area (Å²) in [6.07, 6.45) is 1.45. The molecule has 1 aromatic heterocycles. The summed E-state index contributed by atoms with van der Waals surface area (Å²) in [4.78, 5) is 14.1. The molecule has 0 atom stereocenters. The van der Waals surface area contributed by atoms with E-state index >= 15 is 0 Å². The first-order valence-corrected chi connectivity index (χ1v) is 7.87. The van der Waals surface area contributed by atoms with Crippen LogP contribution in [0.2, 0.25) is 0 Å². The molecule has 8 heteroatoms. The zero-order valence-electron chi connectivity index (χ0n) is 12.7. The zero-order valence-corrected chi connectivity index (χ0v) is 14.3. The topological polar surface area (TPSA) is 63.9 Å². The minimum absolute atomic E-state index is 0.166. The van der Waals surface area contributed by atoms with Gasteiger partial charge in [-0.05, 0) is 46.8 Å². The van der Waals surface area contributed by atoms with Gasteiger partial charge in [-0.15, -0.1) is 5.10 Å². The Balaban J connectivity index is 1.81. The van der Waals surface area contributed by atoms with Crippen molar-refractivity contribution in [2.24, 2.45) is 0 Å². The van der Waals surface area contributed by atoms with Crippen LogP contribution in [0.4, 0.5) is 4.39 Å². The predicted molar refractivity (Wildman–Crippen MR) is 89.1 cm³/mol. The molecule has 0 spiro atoms. The molecule has 0 saturated carbocycles. The van der Waals surface area contributed by atoms with Crippen molar-refractivity contribution in [3.63, 3.8) is 0 Å². The first-order valence-electron chi connectivity index (χ1n) is 7.07. The highest BCUT2D eigenvalue weighted by Crippen LogP contribution is 2.18. The Morgan fingerprint density at radius 2 is 2.12 bits per heavy atom. The van der Waals surface area contributed by atoms with E-state index in [0.717, 1.165) is 4.47 Å². The van der Waals surface area contributed by atoms with Gasteiger partial charge >= 0.3 is 0 Å². The molecule has 6 nitrogen and oxygen atoms in total. The first kappa shape index (κ1) is 16.3. The molecule has 122 valence electrons. The number of hydrogen-bond acceptors (Lipinski definition) is 4. The van der Waals surface area contributed by atoms with Crippen LogP contribution in [-0.4, -0.2) is 38.1 Å². The fourth-order valence-corrected chi connectivity index (χ4v) is 2.68. The Labute approximate surface area is 146 Å². The van der Waals surface area contributed by atoms with E-state index < -0.39 is 0 Å². The summed E-state index contributed by atoms with van der Waals surface area (Å²) < 4.78 is 16.1. The second kappa shape index (κ2) is 6.88. The minimum atomic E-state index is -0.347. The number of benzene rings is 2. The molecule has 1 amide bonds. The van der Waals surface area contributed by atoms with E-state index in [1.54, 1.807) is 43.4 Å². The van der Waals surface area contributed by atoms with Crippen molar-refractivity contribution in [2.75, 3.05) is 7.05 Å². The standard InChI is InChI=1S/C16H13BrFN5O/c1-22(9-12-7-13(17)5-6-15(12)18)16(24)11-3-2-4-14(8-11)23-10-19-20-21-23/h2-8,10H,9H2,1H3. The maximum Gasteiger partial charge on any atom is 0.253 e. The van der Waals surface area contributed by atoms with Crippen molar-refractivity contribution in [3.05, 3.63) is 70.2 Å². The highest BCUT2D eigenvalue weighted by atomic mass is 79.9. The second-order valence-electron chi connectivity index (χ2n) is 5.20. The molecule has 0 N–H and O–H groups in total. The van der Waals surface area contributed by atoms with Crippen LogP contribution in [0.1, 0.15) is 15.9 Å². The normalized spacial score (nSPS) is 10.6. The van der Waals surface area contributed by atoms with Gasteiger partial charge in [0.2, 0.25) is 0 Å². The lowest BCUT2D eigenvalue weighted by molar-refractivity contribution is 0.0784. The molecule has 3 aromatic rings. The van der Waals surface area contributed by atoms with Crippen molar-refractivity contribution in [2.45, 2.75) is 6.54 Å². The third kappa shape index (κ3) is 3.48. The number of hydrogen-bond donors (Lipinski definition) is 0. The number of nitrogens with zero attached hydrogens (tertiary/aromatic N) is 5. The smallest absolute Gasteiger partial charge is 0.253 e. The predicted octanol–water partition coefficient (Wildman–Crippen LogP) is 2.84.